The minimum atomic E-state index is -0.460. The van der Waals surface area contributed by atoms with Crippen LogP contribution in [-0.2, 0) is 9.53 Å². The van der Waals surface area contributed by atoms with Gasteiger partial charge in [-0.1, -0.05) is 42.5 Å². The molecule has 3 rings (SSSR count). The zero-order chi connectivity index (χ0) is 22.2. The Morgan fingerprint density at radius 3 is 2.35 bits per heavy atom. The van der Waals surface area contributed by atoms with Gasteiger partial charge in [0.25, 0.3) is 0 Å². The molecule has 160 valence electrons. The first kappa shape index (κ1) is 22.3. The highest BCUT2D eigenvalue weighted by atomic mass is 32.1. The number of anilines is 1. The van der Waals surface area contributed by atoms with Crippen LogP contribution < -0.4 is 10.1 Å². The Labute approximate surface area is 186 Å². The zero-order valence-electron chi connectivity index (χ0n) is 17.8. The van der Waals surface area contributed by atoms with Crippen molar-refractivity contribution in [2.45, 2.75) is 20.8 Å². The fraction of sp³-hybridized carbons (Fsp3) is 0.200. The van der Waals surface area contributed by atoms with E-state index in [1.807, 2.05) is 68.4 Å². The number of aryl methyl sites for hydroxylation is 1. The fourth-order valence-electron chi connectivity index (χ4n) is 3.15. The van der Waals surface area contributed by atoms with Crippen LogP contribution in [0.2, 0.25) is 0 Å². The maximum absolute atomic E-state index is 12.8. The van der Waals surface area contributed by atoms with E-state index in [0.29, 0.717) is 17.2 Å². The molecule has 0 atom stereocenters. The third kappa shape index (κ3) is 5.61. The highest BCUT2D eigenvalue weighted by Crippen LogP contribution is 2.40. The molecule has 0 spiro atoms. The Bertz CT molecular complexity index is 1070. The van der Waals surface area contributed by atoms with Gasteiger partial charge in [0.05, 0.1) is 13.2 Å². The van der Waals surface area contributed by atoms with E-state index in [2.05, 4.69) is 5.32 Å². The van der Waals surface area contributed by atoms with Crippen molar-refractivity contribution in [1.82, 2.24) is 0 Å². The third-order valence-corrected chi connectivity index (χ3v) is 5.50. The molecule has 0 aliphatic carbocycles. The van der Waals surface area contributed by atoms with Crippen LogP contribution in [-0.4, -0.2) is 25.1 Å². The second-order valence-electron chi connectivity index (χ2n) is 6.65. The molecule has 0 saturated heterocycles. The lowest BCUT2D eigenvalue weighted by Gasteiger charge is -2.09. The number of hydrogen-bond acceptors (Lipinski definition) is 5. The van der Waals surface area contributed by atoms with E-state index in [9.17, 15) is 9.59 Å². The Morgan fingerprint density at radius 2 is 1.71 bits per heavy atom. The van der Waals surface area contributed by atoms with Crippen LogP contribution >= 0.6 is 11.3 Å². The van der Waals surface area contributed by atoms with Crippen molar-refractivity contribution in [2.24, 2.45) is 0 Å². The van der Waals surface area contributed by atoms with Crippen molar-refractivity contribution in [3.63, 3.8) is 0 Å². The topological polar surface area (TPSA) is 64.6 Å². The molecule has 6 heteroatoms. The Hall–Kier alpha value is -3.38. The van der Waals surface area contributed by atoms with E-state index in [4.69, 9.17) is 9.47 Å². The molecule has 0 radical (unpaired) electrons. The summed E-state index contributed by atoms with van der Waals surface area (Å²) in [5, 5.41) is 3.32. The largest absolute Gasteiger partial charge is 0.494 e. The number of carbonyl (C=O) groups excluding carboxylic acids is 2. The fourth-order valence-corrected chi connectivity index (χ4v) is 4.22. The van der Waals surface area contributed by atoms with Gasteiger partial charge in [0.15, 0.2) is 0 Å². The number of nitrogens with one attached hydrogen (secondary N) is 1. The van der Waals surface area contributed by atoms with E-state index >= 15 is 0 Å². The minimum Gasteiger partial charge on any atom is -0.494 e. The van der Waals surface area contributed by atoms with Gasteiger partial charge in [-0.25, -0.2) is 4.79 Å². The number of amides is 1. The molecular weight excluding hydrogens is 410 g/mol. The predicted molar refractivity (Wildman–Crippen MR) is 126 cm³/mol. The van der Waals surface area contributed by atoms with E-state index < -0.39 is 5.97 Å². The van der Waals surface area contributed by atoms with Crippen LogP contribution in [0.5, 0.6) is 5.75 Å². The number of thiophene rings is 1. The summed E-state index contributed by atoms with van der Waals surface area (Å²) in [5.41, 5.74) is 2.91. The highest BCUT2D eigenvalue weighted by Gasteiger charge is 2.25. The summed E-state index contributed by atoms with van der Waals surface area (Å²) in [7, 11) is 0. The summed E-state index contributed by atoms with van der Waals surface area (Å²) < 4.78 is 10.8. The lowest BCUT2D eigenvalue weighted by Crippen LogP contribution is -2.12. The summed E-state index contributed by atoms with van der Waals surface area (Å²) in [6.45, 7) is 6.44. The molecule has 1 heterocycles. The molecular formula is C25H25NO4S. The quantitative estimate of drug-likeness (QED) is 0.351. The van der Waals surface area contributed by atoms with E-state index in [1.165, 1.54) is 17.4 Å². The molecule has 3 aromatic rings. The number of rotatable bonds is 8. The Balaban J connectivity index is 1.93. The monoisotopic (exact) mass is 435 g/mol. The number of ether oxygens (including phenoxy) is 2. The number of benzene rings is 2. The van der Waals surface area contributed by atoms with Gasteiger partial charge in [-0.05, 0) is 50.1 Å². The van der Waals surface area contributed by atoms with E-state index in [-0.39, 0.29) is 12.5 Å². The predicted octanol–water partition coefficient (Wildman–Crippen LogP) is 5.95. The van der Waals surface area contributed by atoms with Gasteiger partial charge in [-0.3, -0.25) is 4.79 Å². The Kier molecular flexibility index (Phi) is 7.62. The summed E-state index contributed by atoms with van der Waals surface area (Å²) in [5.74, 6) is -0.0108. The number of esters is 1. The van der Waals surface area contributed by atoms with Crippen LogP contribution in [0.3, 0.4) is 0 Å². The third-order valence-electron chi connectivity index (χ3n) is 4.48. The van der Waals surface area contributed by atoms with E-state index in [0.717, 1.165) is 27.3 Å². The molecule has 31 heavy (non-hydrogen) atoms. The first-order chi connectivity index (χ1) is 15.0. The lowest BCUT2D eigenvalue weighted by molar-refractivity contribution is -0.111. The van der Waals surface area contributed by atoms with Crippen molar-refractivity contribution in [1.29, 1.82) is 0 Å². The molecule has 0 bridgehead atoms. The van der Waals surface area contributed by atoms with Gasteiger partial charge in [-0.15, -0.1) is 11.3 Å². The summed E-state index contributed by atoms with van der Waals surface area (Å²) in [6.07, 6.45) is 3.18. The van der Waals surface area contributed by atoms with Crippen molar-refractivity contribution in [3.8, 4) is 16.9 Å². The van der Waals surface area contributed by atoms with Gasteiger partial charge in [0, 0.05) is 16.5 Å². The molecule has 0 unspecified atom stereocenters. The van der Waals surface area contributed by atoms with Crippen molar-refractivity contribution in [3.05, 3.63) is 76.7 Å². The zero-order valence-corrected chi connectivity index (χ0v) is 18.6. The molecule has 0 aliphatic rings. The molecule has 0 fully saturated rings. The van der Waals surface area contributed by atoms with Crippen LogP contribution in [0.4, 0.5) is 5.00 Å². The van der Waals surface area contributed by atoms with E-state index in [1.54, 1.807) is 13.0 Å². The summed E-state index contributed by atoms with van der Waals surface area (Å²) in [6, 6.07) is 17.1. The second kappa shape index (κ2) is 10.6. The molecule has 5 nitrogen and oxygen atoms in total. The molecule has 1 N–H and O–H groups in total. The number of carbonyl (C=O) groups is 2. The molecule has 0 saturated carbocycles. The maximum atomic E-state index is 12.8. The molecule has 2 aromatic carbocycles. The van der Waals surface area contributed by atoms with Crippen molar-refractivity contribution < 1.29 is 19.1 Å². The lowest BCUT2D eigenvalue weighted by atomic mass is 10.0. The van der Waals surface area contributed by atoms with Gasteiger partial charge in [0.1, 0.15) is 16.3 Å². The minimum absolute atomic E-state index is 0.248. The van der Waals surface area contributed by atoms with Crippen LogP contribution in [0.15, 0.2) is 60.7 Å². The highest BCUT2D eigenvalue weighted by molar-refractivity contribution is 7.17. The summed E-state index contributed by atoms with van der Waals surface area (Å²) >= 11 is 1.36. The van der Waals surface area contributed by atoms with Crippen molar-refractivity contribution in [2.75, 3.05) is 18.5 Å². The average Bonchev–Trinajstić information content (AvgIpc) is 3.09. The molecule has 1 aromatic heterocycles. The SMILES string of the molecule is CCOC(=O)c1c(NC(=O)/C=C/c2ccccc2)sc(C)c1-c1ccc(OCC)cc1. The van der Waals surface area contributed by atoms with Gasteiger partial charge in [0.2, 0.25) is 5.91 Å². The average molecular weight is 436 g/mol. The first-order valence-corrected chi connectivity index (χ1v) is 10.9. The standard InChI is InChI=1S/C25H25NO4S/c1-4-29-20-14-12-19(13-15-20)22-17(3)31-24(23(22)25(28)30-5-2)26-21(27)16-11-18-9-7-6-8-10-18/h6-16H,4-5H2,1-3H3,(H,26,27)/b16-11+. The van der Waals surface area contributed by atoms with Crippen molar-refractivity contribution >= 4 is 34.3 Å². The number of hydrogen-bond donors (Lipinski definition) is 1. The second-order valence-corrected chi connectivity index (χ2v) is 7.87. The first-order valence-electron chi connectivity index (χ1n) is 10.1. The molecule has 0 aliphatic heterocycles. The normalized spacial score (nSPS) is 10.8. The van der Waals surface area contributed by atoms with Gasteiger partial charge < -0.3 is 14.8 Å². The maximum Gasteiger partial charge on any atom is 0.341 e. The van der Waals surface area contributed by atoms with Crippen LogP contribution in [0.25, 0.3) is 17.2 Å². The molecule has 1 amide bonds. The smallest absolute Gasteiger partial charge is 0.341 e. The summed E-state index contributed by atoms with van der Waals surface area (Å²) in [4.78, 5) is 26.2. The Morgan fingerprint density at radius 1 is 1.00 bits per heavy atom. The van der Waals surface area contributed by atoms with Gasteiger partial charge >= 0.3 is 5.97 Å². The van der Waals surface area contributed by atoms with Gasteiger partial charge in [-0.2, -0.15) is 0 Å². The van der Waals surface area contributed by atoms with Crippen LogP contribution in [0, 0.1) is 6.92 Å². The van der Waals surface area contributed by atoms with Crippen LogP contribution in [0.1, 0.15) is 34.6 Å².